The number of rotatable bonds is 8. The Morgan fingerprint density at radius 1 is 1.16 bits per heavy atom. The van der Waals surface area contributed by atoms with Crippen molar-refractivity contribution in [3.05, 3.63) is 61.5 Å². The van der Waals surface area contributed by atoms with E-state index >= 15 is 0 Å². The van der Waals surface area contributed by atoms with Crippen LogP contribution < -0.4 is 16.8 Å². The van der Waals surface area contributed by atoms with Crippen molar-refractivity contribution in [2.45, 2.75) is 53.1 Å². The van der Waals surface area contributed by atoms with Crippen molar-refractivity contribution >= 4 is 0 Å². The van der Waals surface area contributed by atoms with Crippen LogP contribution in [0.5, 0.6) is 0 Å². The Bertz CT molecular complexity index is 863. The fourth-order valence-electron chi connectivity index (χ4n) is 2.81. The molecule has 25 heavy (non-hydrogen) atoms. The Kier molecular flexibility index (Phi) is 6.50. The first-order chi connectivity index (χ1) is 11.8. The van der Waals surface area contributed by atoms with Crippen molar-refractivity contribution in [2.75, 3.05) is 0 Å². The third kappa shape index (κ3) is 5.85. The smallest absolute Gasteiger partial charge is 0.312 e. The summed E-state index contributed by atoms with van der Waals surface area (Å²) in [5.41, 5.74) is 0.0747. The number of hydrogen-bond acceptors (Lipinski definition) is 4. The lowest BCUT2D eigenvalue weighted by molar-refractivity contribution is 0.409. The SMILES string of the molecule is CC(C)Cc1cn(CCCC(C)Cn2ccc(=O)[nH]c2=O)c(=O)cn1. The van der Waals surface area contributed by atoms with Gasteiger partial charge in [-0.25, -0.2) is 4.79 Å². The summed E-state index contributed by atoms with van der Waals surface area (Å²) in [6.45, 7) is 7.48. The standard InChI is InChI=1S/C18H26N4O3/c1-13(2)9-15-12-21(17(24)10-19-15)7-4-5-14(3)11-22-8-6-16(23)20-18(22)25/h6,8,10,12-14H,4-5,7,9,11H2,1-3H3,(H,20,23,25). The predicted octanol–water partition coefficient (Wildman–Crippen LogP) is 1.41. The number of nitrogens with zero attached hydrogens (tertiary/aromatic N) is 3. The summed E-state index contributed by atoms with van der Waals surface area (Å²) in [5.74, 6) is 0.755. The Balaban J connectivity index is 1.90. The van der Waals surface area contributed by atoms with E-state index in [1.807, 2.05) is 6.20 Å². The molecule has 0 aliphatic carbocycles. The highest BCUT2D eigenvalue weighted by atomic mass is 16.2. The van der Waals surface area contributed by atoms with Gasteiger partial charge in [0.2, 0.25) is 0 Å². The molecule has 7 heteroatoms. The summed E-state index contributed by atoms with van der Waals surface area (Å²) in [4.78, 5) is 41.1. The minimum absolute atomic E-state index is 0.0861. The Hall–Kier alpha value is -2.44. The minimum atomic E-state index is -0.386. The van der Waals surface area contributed by atoms with Crippen LogP contribution in [0.15, 0.2) is 39.0 Å². The first kappa shape index (κ1) is 18.9. The number of H-pyrrole nitrogens is 1. The van der Waals surface area contributed by atoms with Gasteiger partial charge in [0.15, 0.2) is 0 Å². The second kappa shape index (κ2) is 8.60. The summed E-state index contributed by atoms with van der Waals surface area (Å²) >= 11 is 0. The minimum Gasteiger partial charge on any atom is -0.312 e. The van der Waals surface area contributed by atoms with E-state index in [1.54, 1.807) is 4.57 Å². The lowest BCUT2D eigenvalue weighted by atomic mass is 10.1. The van der Waals surface area contributed by atoms with Crippen LogP contribution in [0.3, 0.4) is 0 Å². The Morgan fingerprint density at radius 3 is 2.60 bits per heavy atom. The van der Waals surface area contributed by atoms with Gasteiger partial charge in [0.05, 0.1) is 11.9 Å². The molecular formula is C18H26N4O3. The van der Waals surface area contributed by atoms with E-state index in [-0.39, 0.29) is 22.7 Å². The molecule has 0 spiro atoms. The summed E-state index contributed by atoms with van der Waals surface area (Å²) in [6, 6.07) is 1.35. The monoisotopic (exact) mass is 346 g/mol. The normalized spacial score (nSPS) is 12.5. The molecule has 0 aliphatic heterocycles. The van der Waals surface area contributed by atoms with Crippen LogP contribution in [0.1, 0.15) is 39.3 Å². The quantitative estimate of drug-likeness (QED) is 0.782. The fraction of sp³-hybridized carbons (Fsp3) is 0.556. The third-order valence-corrected chi connectivity index (χ3v) is 4.05. The summed E-state index contributed by atoms with van der Waals surface area (Å²) < 4.78 is 3.22. The van der Waals surface area contributed by atoms with Gasteiger partial charge in [-0.1, -0.05) is 20.8 Å². The zero-order chi connectivity index (χ0) is 18.4. The van der Waals surface area contributed by atoms with Crippen LogP contribution in [-0.4, -0.2) is 19.1 Å². The van der Waals surface area contributed by atoms with Crippen molar-refractivity contribution in [3.63, 3.8) is 0 Å². The van der Waals surface area contributed by atoms with Crippen molar-refractivity contribution in [2.24, 2.45) is 11.8 Å². The molecule has 0 radical (unpaired) electrons. The highest BCUT2D eigenvalue weighted by Crippen LogP contribution is 2.09. The number of aryl methyl sites for hydroxylation is 1. The van der Waals surface area contributed by atoms with Gasteiger partial charge in [-0.3, -0.25) is 19.6 Å². The lowest BCUT2D eigenvalue weighted by Gasteiger charge is -2.14. The highest BCUT2D eigenvalue weighted by molar-refractivity contribution is 4.98. The molecule has 0 saturated heterocycles. The van der Waals surface area contributed by atoms with Crippen LogP contribution in [0.4, 0.5) is 0 Å². The molecule has 0 bridgehead atoms. The predicted molar refractivity (Wildman–Crippen MR) is 96.8 cm³/mol. The molecule has 2 heterocycles. The van der Waals surface area contributed by atoms with Gasteiger partial charge in [0, 0.05) is 31.5 Å². The third-order valence-electron chi connectivity index (χ3n) is 4.05. The van der Waals surface area contributed by atoms with Gasteiger partial charge in [0.25, 0.3) is 11.1 Å². The lowest BCUT2D eigenvalue weighted by Crippen LogP contribution is -2.30. The molecule has 0 aliphatic rings. The van der Waals surface area contributed by atoms with Crippen LogP contribution in [0.2, 0.25) is 0 Å². The Labute approximate surface area is 146 Å². The van der Waals surface area contributed by atoms with E-state index in [1.165, 1.54) is 23.0 Å². The summed E-state index contributed by atoms with van der Waals surface area (Å²) in [7, 11) is 0. The first-order valence-corrected chi connectivity index (χ1v) is 8.70. The fourth-order valence-corrected chi connectivity index (χ4v) is 2.81. The van der Waals surface area contributed by atoms with Gasteiger partial charge in [-0.15, -0.1) is 0 Å². The second-order valence-electron chi connectivity index (χ2n) is 7.02. The summed E-state index contributed by atoms with van der Waals surface area (Å²) in [6.07, 6.45) is 7.32. The van der Waals surface area contributed by atoms with E-state index in [9.17, 15) is 14.4 Å². The molecule has 2 aromatic rings. The molecule has 0 aromatic carbocycles. The molecule has 0 amide bonds. The largest absolute Gasteiger partial charge is 0.328 e. The van der Waals surface area contributed by atoms with Crippen molar-refractivity contribution in [3.8, 4) is 0 Å². The highest BCUT2D eigenvalue weighted by Gasteiger charge is 2.07. The maximum absolute atomic E-state index is 11.9. The molecule has 7 nitrogen and oxygen atoms in total. The van der Waals surface area contributed by atoms with E-state index in [4.69, 9.17) is 0 Å². The number of nitrogens with one attached hydrogen (secondary N) is 1. The van der Waals surface area contributed by atoms with Gasteiger partial charge in [-0.05, 0) is 31.1 Å². The van der Waals surface area contributed by atoms with E-state index in [0.717, 1.165) is 25.0 Å². The number of aromatic amines is 1. The first-order valence-electron chi connectivity index (χ1n) is 8.70. The molecule has 1 unspecified atom stereocenters. The second-order valence-corrected chi connectivity index (χ2v) is 7.02. The average molecular weight is 346 g/mol. The van der Waals surface area contributed by atoms with Crippen molar-refractivity contribution in [1.82, 2.24) is 19.1 Å². The van der Waals surface area contributed by atoms with Gasteiger partial charge in [0.1, 0.15) is 0 Å². The molecule has 2 rings (SSSR count). The van der Waals surface area contributed by atoms with E-state index < -0.39 is 0 Å². The van der Waals surface area contributed by atoms with E-state index in [2.05, 4.69) is 30.7 Å². The molecule has 136 valence electrons. The van der Waals surface area contributed by atoms with Crippen LogP contribution in [-0.2, 0) is 19.5 Å². The maximum Gasteiger partial charge on any atom is 0.328 e. The maximum atomic E-state index is 11.9. The molecule has 0 saturated carbocycles. The van der Waals surface area contributed by atoms with Gasteiger partial charge < -0.3 is 9.13 Å². The molecule has 1 atom stereocenters. The van der Waals surface area contributed by atoms with Crippen LogP contribution >= 0.6 is 0 Å². The number of aromatic nitrogens is 4. The average Bonchev–Trinajstić information content (AvgIpc) is 2.52. The van der Waals surface area contributed by atoms with Gasteiger partial charge in [-0.2, -0.15) is 0 Å². The molecule has 1 N–H and O–H groups in total. The topological polar surface area (TPSA) is 89.8 Å². The van der Waals surface area contributed by atoms with Gasteiger partial charge >= 0.3 is 5.69 Å². The van der Waals surface area contributed by atoms with Crippen LogP contribution in [0.25, 0.3) is 0 Å². The van der Waals surface area contributed by atoms with Crippen molar-refractivity contribution in [1.29, 1.82) is 0 Å². The zero-order valence-corrected chi connectivity index (χ0v) is 15.1. The molecular weight excluding hydrogens is 320 g/mol. The zero-order valence-electron chi connectivity index (χ0n) is 15.1. The molecule has 0 fully saturated rings. The molecule has 2 aromatic heterocycles. The van der Waals surface area contributed by atoms with E-state index in [0.29, 0.717) is 19.0 Å². The van der Waals surface area contributed by atoms with Crippen LogP contribution in [0, 0.1) is 11.8 Å². The Morgan fingerprint density at radius 2 is 1.92 bits per heavy atom. The summed E-state index contributed by atoms with van der Waals surface area (Å²) in [5, 5.41) is 0. The van der Waals surface area contributed by atoms with Crippen molar-refractivity contribution < 1.29 is 0 Å². The number of hydrogen-bond donors (Lipinski definition) is 1.